The van der Waals surface area contributed by atoms with Gasteiger partial charge in [-0.2, -0.15) is 0 Å². The second-order valence-electron chi connectivity index (χ2n) is 6.39. The van der Waals surface area contributed by atoms with Gasteiger partial charge in [-0.3, -0.25) is 4.99 Å². The van der Waals surface area contributed by atoms with Crippen LogP contribution in [0.2, 0.25) is 0 Å². The fourth-order valence-corrected chi connectivity index (χ4v) is 2.78. The summed E-state index contributed by atoms with van der Waals surface area (Å²) in [5.41, 5.74) is 3.34. The normalized spacial score (nSPS) is 11.6. The van der Waals surface area contributed by atoms with Crippen molar-refractivity contribution >= 4 is 17.0 Å². The smallest absolute Gasteiger partial charge is 0.191 e. The Hall–Kier alpha value is -3.02. The minimum atomic E-state index is 0.586. The number of para-hydroxylation sites is 2. The molecule has 3 aromatic rings. The molecule has 1 aromatic heterocycles. The molecule has 0 amide bonds. The summed E-state index contributed by atoms with van der Waals surface area (Å²) in [6.07, 6.45) is 1.87. The molecule has 142 valence electrons. The molecular formula is C21H27N5O. The number of aliphatic imine (C=N–C) groups is 1. The van der Waals surface area contributed by atoms with Gasteiger partial charge in [-0.25, -0.2) is 4.98 Å². The number of aromatic amines is 1. The van der Waals surface area contributed by atoms with Gasteiger partial charge >= 0.3 is 0 Å². The minimum absolute atomic E-state index is 0.586. The van der Waals surface area contributed by atoms with Gasteiger partial charge in [0, 0.05) is 20.0 Å². The van der Waals surface area contributed by atoms with Gasteiger partial charge in [0.25, 0.3) is 0 Å². The first-order chi connectivity index (χ1) is 13.2. The van der Waals surface area contributed by atoms with Crippen molar-refractivity contribution in [2.75, 3.05) is 26.7 Å². The maximum Gasteiger partial charge on any atom is 0.191 e. The highest BCUT2D eigenvalue weighted by atomic mass is 16.5. The van der Waals surface area contributed by atoms with Crippen LogP contribution in [0.1, 0.15) is 17.8 Å². The Balaban J connectivity index is 1.32. The third-order valence-corrected chi connectivity index (χ3v) is 4.23. The van der Waals surface area contributed by atoms with E-state index in [1.807, 2.05) is 42.5 Å². The van der Waals surface area contributed by atoms with E-state index in [0.29, 0.717) is 13.2 Å². The van der Waals surface area contributed by atoms with Crippen molar-refractivity contribution < 1.29 is 4.74 Å². The van der Waals surface area contributed by atoms with E-state index in [-0.39, 0.29) is 0 Å². The van der Waals surface area contributed by atoms with Crippen LogP contribution in [-0.4, -0.2) is 42.7 Å². The van der Waals surface area contributed by atoms with E-state index in [4.69, 9.17) is 4.74 Å². The zero-order valence-electron chi connectivity index (χ0n) is 16.0. The number of H-pyrrole nitrogens is 1. The van der Waals surface area contributed by atoms with E-state index in [0.717, 1.165) is 48.0 Å². The number of nitrogens with one attached hydrogen (secondary N) is 3. The van der Waals surface area contributed by atoms with Crippen molar-refractivity contribution in [2.45, 2.75) is 19.8 Å². The molecule has 0 saturated carbocycles. The lowest BCUT2D eigenvalue weighted by molar-refractivity contribution is 0.322. The van der Waals surface area contributed by atoms with Gasteiger partial charge < -0.3 is 20.4 Å². The van der Waals surface area contributed by atoms with Crippen molar-refractivity contribution in [2.24, 2.45) is 4.99 Å². The van der Waals surface area contributed by atoms with E-state index in [2.05, 4.69) is 38.6 Å². The molecule has 0 atom stereocenters. The van der Waals surface area contributed by atoms with E-state index < -0.39 is 0 Å². The molecule has 3 N–H and O–H groups in total. The number of benzene rings is 2. The molecule has 0 aliphatic rings. The average molecular weight is 365 g/mol. The summed E-state index contributed by atoms with van der Waals surface area (Å²) in [5.74, 6) is 2.69. The number of hydrogen-bond acceptors (Lipinski definition) is 3. The second-order valence-corrected chi connectivity index (χ2v) is 6.39. The molecule has 1 heterocycles. The van der Waals surface area contributed by atoms with Gasteiger partial charge in [-0.1, -0.05) is 29.8 Å². The summed E-state index contributed by atoms with van der Waals surface area (Å²) in [6, 6.07) is 16.2. The number of rotatable bonds is 8. The summed E-state index contributed by atoms with van der Waals surface area (Å²) in [7, 11) is 1.77. The van der Waals surface area contributed by atoms with Crippen LogP contribution >= 0.6 is 0 Å². The Labute approximate surface area is 160 Å². The van der Waals surface area contributed by atoms with Gasteiger partial charge in [-0.05, 0) is 37.6 Å². The summed E-state index contributed by atoms with van der Waals surface area (Å²) in [4.78, 5) is 12.2. The lowest BCUT2D eigenvalue weighted by Gasteiger charge is -2.12. The summed E-state index contributed by atoms with van der Waals surface area (Å²) in [6.45, 7) is 4.17. The molecule has 0 bridgehead atoms. The number of ether oxygens (including phenoxy) is 1. The lowest BCUT2D eigenvalue weighted by atomic mass is 10.2. The summed E-state index contributed by atoms with van der Waals surface area (Å²) in [5, 5.41) is 6.58. The molecular weight excluding hydrogens is 338 g/mol. The number of aryl methyl sites for hydroxylation is 2. The van der Waals surface area contributed by atoms with Gasteiger partial charge in [0.2, 0.25) is 0 Å². The largest absolute Gasteiger partial charge is 0.492 e. The monoisotopic (exact) mass is 365 g/mol. The third-order valence-electron chi connectivity index (χ3n) is 4.23. The molecule has 0 unspecified atom stereocenters. The Morgan fingerprint density at radius 1 is 1.07 bits per heavy atom. The quantitative estimate of drug-likeness (QED) is 0.326. The van der Waals surface area contributed by atoms with Gasteiger partial charge in [0.15, 0.2) is 5.96 Å². The third kappa shape index (κ3) is 5.74. The summed E-state index contributed by atoms with van der Waals surface area (Å²) >= 11 is 0. The van der Waals surface area contributed by atoms with Crippen LogP contribution in [0, 0.1) is 6.92 Å². The molecule has 0 spiro atoms. The van der Waals surface area contributed by atoms with Crippen molar-refractivity contribution in [3.63, 3.8) is 0 Å². The van der Waals surface area contributed by atoms with Crippen LogP contribution in [0.3, 0.4) is 0 Å². The molecule has 2 aromatic carbocycles. The molecule has 0 aliphatic carbocycles. The van der Waals surface area contributed by atoms with Crippen LogP contribution in [0.25, 0.3) is 11.0 Å². The van der Waals surface area contributed by atoms with E-state index in [1.165, 1.54) is 5.56 Å². The maximum absolute atomic E-state index is 5.71. The number of hydrogen-bond donors (Lipinski definition) is 3. The number of guanidine groups is 1. The molecule has 6 nitrogen and oxygen atoms in total. The molecule has 0 saturated heterocycles. The summed E-state index contributed by atoms with van der Waals surface area (Å²) < 4.78 is 5.71. The Morgan fingerprint density at radius 3 is 2.63 bits per heavy atom. The molecule has 6 heteroatoms. The zero-order chi connectivity index (χ0) is 18.9. The fourth-order valence-electron chi connectivity index (χ4n) is 2.78. The molecule has 0 aliphatic heterocycles. The first-order valence-corrected chi connectivity index (χ1v) is 9.32. The van der Waals surface area contributed by atoms with Crippen molar-refractivity contribution in [1.82, 2.24) is 20.6 Å². The predicted molar refractivity (Wildman–Crippen MR) is 110 cm³/mol. The highest BCUT2D eigenvalue weighted by Gasteiger charge is 2.02. The fraction of sp³-hybridized carbons (Fsp3) is 0.333. The van der Waals surface area contributed by atoms with E-state index in [9.17, 15) is 0 Å². The predicted octanol–water partition coefficient (Wildman–Crippen LogP) is 3.05. The van der Waals surface area contributed by atoms with Crippen LogP contribution in [-0.2, 0) is 6.42 Å². The zero-order valence-corrected chi connectivity index (χ0v) is 16.0. The van der Waals surface area contributed by atoms with E-state index in [1.54, 1.807) is 7.05 Å². The Morgan fingerprint density at radius 2 is 1.85 bits per heavy atom. The van der Waals surface area contributed by atoms with Crippen LogP contribution in [0.15, 0.2) is 53.5 Å². The SMILES string of the molecule is CN=C(NCCCc1nc2ccccc2[nH]1)NCCOc1ccc(C)cc1. The first kappa shape index (κ1) is 18.8. The molecule has 0 radical (unpaired) electrons. The molecule has 0 fully saturated rings. The second kappa shape index (κ2) is 9.62. The standard InChI is InChI=1S/C21H27N5O/c1-16-9-11-17(12-10-16)27-15-14-24-21(22-2)23-13-5-8-20-25-18-6-3-4-7-19(18)26-20/h3-4,6-7,9-12H,5,8,13-15H2,1-2H3,(H,25,26)(H2,22,23,24). The van der Waals surface area contributed by atoms with E-state index >= 15 is 0 Å². The van der Waals surface area contributed by atoms with Gasteiger partial charge in [-0.15, -0.1) is 0 Å². The van der Waals surface area contributed by atoms with Crippen LogP contribution in [0.4, 0.5) is 0 Å². The Kier molecular flexibility index (Phi) is 6.68. The topological polar surface area (TPSA) is 74.3 Å². The van der Waals surface area contributed by atoms with Crippen LogP contribution in [0.5, 0.6) is 5.75 Å². The first-order valence-electron chi connectivity index (χ1n) is 9.32. The lowest BCUT2D eigenvalue weighted by Crippen LogP contribution is -2.39. The molecule has 3 rings (SSSR count). The number of imidazole rings is 1. The molecule has 27 heavy (non-hydrogen) atoms. The minimum Gasteiger partial charge on any atom is -0.492 e. The van der Waals surface area contributed by atoms with Gasteiger partial charge in [0.05, 0.1) is 17.6 Å². The van der Waals surface area contributed by atoms with Gasteiger partial charge in [0.1, 0.15) is 18.2 Å². The number of nitrogens with zero attached hydrogens (tertiary/aromatic N) is 2. The highest BCUT2D eigenvalue weighted by molar-refractivity contribution is 5.79. The average Bonchev–Trinajstić information content (AvgIpc) is 3.11. The van der Waals surface area contributed by atoms with Crippen LogP contribution < -0.4 is 15.4 Å². The maximum atomic E-state index is 5.71. The van der Waals surface area contributed by atoms with Crippen molar-refractivity contribution in [3.05, 3.63) is 59.9 Å². The Bertz CT molecular complexity index is 837. The van der Waals surface area contributed by atoms with Crippen molar-refractivity contribution in [1.29, 1.82) is 0 Å². The highest BCUT2D eigenvalue weighted by Crippen LogP contribution is 2.11. The number of aromatic nitrogens is 2. The number of fused-ring (bicyclic) bond motifs is 1. The van der Waals surface area contributed by atoms with Crippen molar-refractivity contribution in [3.8, 4) is 5.75 Å².